The van der Waals surface area contributed by atoms with Crippen molar-refractivity contribution in [3.05, 3.63) is 17.7 Å². The molecule has 1 unspecified atom stereocenters. The van der Waals surface area contributed by atoms with Crippen molar-refractivity contribution in [3.63, 3.8) is 0 Å². The number of nitrogens with zero attached hydrogens (tertiary/aromatic N) is 3. The van der Waals surface area contributed by atoms with E-state index in [9.17, 15) is 9.59 Å². The molecule has 3 rings (SSSR count). The number of rotatable bonds is 1. The van der Waals surface area contributed by atoms with Crippen molar-refractivity contribution in [3.8, 4) is 0 Å². The highest BCUT2D eigenvalue weighted by molar-refractivity contribution is 5.93. The lowest BCUT2D eigenvalue weighted by Crippen LogP contribution is -2.66. The zero-order valence-corrected chi connectivity index (χ0v) is 12.6. The smallest absolute Gasteiger partial charge is 0.247 e. The van der Waals surface area contributed by atoms with Gasteiger partial charge >= 0.3 is 0 Å². The number of hydrogen-bond donors (Lipinski definition) is 2. The first-order valence-corrected chi connectivity index (χ1v) is 7.23. The summed E-state index contributed by atoms with van der Waals surface area (Å²) in [5, 5.41) is 3.23. The summed E-state index contributed by atoms with van der Waals surface area (Å²) < 4.78 is 0. The standard InChI is InChI=1S/C14H21N5O2/c1-14(2)13(21)18(3)4-5-19(14)12(20)10-6-9-11(7-15-10)17-8-16-9/h8,10,15H,4-7H2,1-3H3,(H,16,17). The van der Waals surface area contributed by atoms with Crippen LogP contribution in [0.4, 0.5) is 0 Å². The molecule has 2 aliphatic heterocycles. The Morgan fingerprint density at radius 1 is 1.43 bits per heavy atom. The second-order valence-corrected chi connectivity index (χ2v) is 6.24. The van der Waals surface area contributed by atoms with Crippen LogP contribution in [0.25, 0.3) is 0 Å². The molecule has 2 N–H and O–H groups in total. The monoisotopic (exact) mass is 291 g/mol. The van der Waals surface area contributed by atoms with Gasteiger partial charge in [-0.15, -0.1) is 0 Å². The molecule has 1 aromatic rings. The van der Waals surface area contributed by atoms with Gasteiger partial charge in [0.15, 0.2) is 0 Å². The molecule has 3 heterocycles. The molecule has 0 aromatic carbocycles. The highest BCUT2D eigenvalue weighted by Crippen LogP contribution is 2.24. The van der Waals surface area contributed by atoms with Gasteiger partial charge in [0, 0.05) is 33.1 Å². The Labute approximate surface area is 123 Å². The molecule has 2 aliphatic rings. The molecule has 2 amide bonds. The molecule has 0 spiro atoms. The quantitative estimate of drug-likeness (QED) is 0.731. The van der Waals surface area contributed by atoms with Gasteiger partial charge in [-0.1, -0.05) is 0 Å². The molecule has 0 radical (unpaired) electrons. The second kappa shape index (κ2) is 4.84. The Hall–Kier alpha value is -1.89. The molecule has 7 heteroatoms. The van der Waals surface area contributed by atoms with Crippen LogP contribution in [0.1, 0.15) is 25.2 Å². The Bertz CT molecular complexity index is 580. The maximum absolute atomic E-state index is 12.8. The molecule has 1 saturated heterocycles. The molecule has 1 fully saturated rings. The van der Waals surface area contributed by atoms with Gasteiger partial charge in [0.25, 0.3) is 0 Å². The van der Waals surface area contributed by atoms with Crippen molar-refractivity contribution in [2.45, 2.75) is 38.4 Å². The Morgan fingerprint density at radius 2 is 2.19 bits per heavy atom. The highest BCUT2D eigenvalue weighted by Gasteiger charge is 2.45. The second-order valence-electron chi connectivity index (χ2n) is 6.24. The van der Waals surface area contributed by atoms with Crippen molar-refractivity contribution in [2.24, 2.45) is 0 Å². The van der Waals surface area contributed by atoms with E-state index in [-0.39, 0.29) is 17.9 Å². The van der Waals surface area contributed by atoms with Crippen molar-refractivity contribution in [1.82, 2.24) is 25.1 Å². The predicted octanol–water partition coefficient (Wildman–Crippen LogP) is -0.497. The van der Waals surface area contributed by atoms with Crippen LogP contribution < -0.4 is 5.32 Å². The van der Waals surface area contributed by atoms with Crippen LogP contribution in [0, 0.1) is 0 Å². The first kappa shape index (κ1) is 14.1. The van der Waals surface area contributed by atoms with Gasteiger partial charge in [0.2, 0.25) is 11.8 Å². The third kappa shape index (κ3) is 2.21. The minimum atomic E-state index is -0.794. The average Bonchev–Trinajstić information content (AvgIpc) is 2.91. The van der Waals surface area contributed by atoms with E-state index in [4.69, 9.17) is 0 Å². The van der Waals surface area contributed by atoms with Gasteiger partial charge in [0.1, 0.15) is 5.54 Å². The number of H-pyrrole nitrogens is 1. The number of amides is 2. The maximum Gasteiger partial charge on any atom is 0.247 e. The summed E-state index contributed by atoms with van der Waals surface area (Å²) in [4.78, 5) is 35.8. The Balaban J connectivity index is 1.78. The van der Waals surface area contributed by atoms with Crippen molar-refractivity contribution in [2.75, 3.05) is 20.1 Å². The largest absolute Gasteiger partial charge is 0.347 e. The highest BCUT2D eigenvalue weighted by atomic mass is 16.2. The van der Waals surface area contributed by atoms with Crippen LogP contribution in [-0.2, 0) is 22.6 Å². The third-order valence-corrected chi connectivity index (χ3v) is 4.50. The van der Waals surface area contributed by atoms with Crippen LogP contribution in [0.3, 0.4) is 0 Å². The average molecular weight is 291 g/mol. The lowest BCUT2D eigenvalue weighted by Gasteiger charge is -2.46. The molecule has 114 valence electrons. The zero-order valence-electron chi connectivity index (χ0n) is 12.6. The SMILES string of the molecule is CN1CCN(C(=O)C2Cc3nc[nH]c3CN2)C(C)(C)C1=O. The minimum Gasteiger partial charge on any atom is -0.347 e. The lowest BCUT2D eigenvalue weighted by atomic mass is 9.95. The van der Waals surface area contributed by atoms with E-state index in [0.717, 1.165) is 11.4 Å². The number of nitrogens with one attached hydrogen (secondary N) is 2. The minimum absolute atomic E-state index is 0.0154. The van der Waals surface area contributed by atoms with Gasteiger partial charge in [0.05, 0.1) is 23.8 Å². The first-order chi connectivity index (χ1) is 9.91. The molecular weight excluding hydrogens is 270 g/mol. The lowest BCUT2D eigenvalue weighted by molar-refractivity contribution is -0.158. The van der Waals surface area contributed by atoms with Crippen molar-refractivity contribution >= 4 is 11.8 Å². The topological polar surface area (TPSA) is 81.3 Å². The molecule has 1 atom stereocenters. The van der Waals surface area contributed by atoms with E-state index in [1.165, 1.54) is 0 Å². The number of carbonyl (C=O) groups is 2. The van der Waals surface area contributed by atoms with E-state index in [1.54, 1.807) is 23.2 Å². The van der Waals surface area contributed by atoms with E-state index in [1.807, 2.05) is 13.8 Å². The molecule has 0 saturated carbocycles. The van der Waals surface area contributed by atoms with Gasteiger partial charge in [-0.3, -0.25) is 14.9 Å². The number of hydrogen-bond acceptors (Lipinski definition) is 4. The van der Waals surface area contributed by atoms with Gasteiger partial charge in [-0.2, -0.15) is 0 Å². The van der Waals surface area contributed by atoms with E-state index in [0.29, 0.717) is 26.1 Å². The fourth-order valence-corrected chi connectivity index (χ4v) is 3.13. The number of piperazine rings is 1. The summed E-state index contributed by atoms with van der Waals surface area (Å²) in [5.74, 6) is -0.0338. The first-order valence-electron chi connectivity index (χ1n) is 7.23. The molecular formula is C14H21N5O2. The molecule has 21 heavy (non-hydrogen) atoms. The van der Waals surface area contributed by atoms with Crippen LogP contribution in [0.15, 0.2) is 6.33 Å². The Morgan fingerprint density at radius 3 is 2.95 bits per heavy atom. The summed E-state index contributed by atoms with van der Waals surface area (Å²) in [5.41, 5.74) is 1.18. The fraction of sp³-hybridized carbons (Fsp3) is 0.643. The van der Waals surface area contributed by atoms with E-state index >= 15 is 0 Å². The van der Waals surface area contributed by atoms with Crippen molar-refractivity contribution in [1.29, 1.82) is 0 Å². The number of aromatic amines is 1. The fourth-order valence-electron chi connectivity index (χ4n) is 3.13. The van der Waals surface area contributed by atoms with E-state index < -0.39 is 5.54 Å². The predicted molar refractivity (Wildman–Crippen MR) is 76.3 cm³/mol. The summed E-state index contributed by atoms with van der Waals surface area (Å²) in [7, 11) is 1.78. The summed E-state index contributed by atoms with van der Waals surface area (Å²) in [6.07, 6.45) is 2.22. The molecule has 7 nitrogen and oxygen atoms in total. The summed E-state index contributed by atoms with van der Waals surface area (Å²) in [6.45, 7) is 5.37. The van der Waals surface area contributed by atoms with Gasteiger partial charge in [-0.05, 0) is 13.8 Å². The summed E-state index contributed by atoms with van der Waals surface area (Å²) >= 11 is 0. The maximum atomic E-state index is 12.8. The zero-order chi connectivity index (χ0) is 15.2. The number of fused-ring (bicyclic) bond motifs is 1. The number of imidazole rings is 1. The molecule has 1 aromatic heterocycles. The van der Waals surface area contributed by atoms with Crippen LogP contribution in [0.5, 0.6) is 0 Å². The van der Waals surface area contributed by atoms with Gasteiger partial charge < -0.3 is 14.8 Å². The van der Waals surface area contributed by atoms with Crippen LogP contribution in [-0.4, -0.2) is 63.3 Å². The third-order valence-electron chi connectivity index (χ3n) is 4.50. The van der Waals surface area contributed by atoms with Crippen LogP contribution in [0.2, 0.25) is 0 Å². The van der Waals surface area contributed by atoms with Crippen LogP contribution >= 0.6 is 0 Å². The molecule has 0 aliphatic carbocycles. The van der Waals surface area contributed by atoms with Gasteiger partial charge in [-0.25, -0.2) is 4.98 Å². The summed E-state index contributed by atoms with van der Waals surface area (Å²) in [6, 6.07) is -0.309. The number of aromatic nitrogens is 2. The normalized spacial score (nSPS) is 24.9. The van der Waals surface area contributed by atoms with E-state index in [2.05, 4.69) is 15.3 Å². The molecule has 0 bridgehead atoms. The number of carbonyl (C=O) groups excluding carboxylic acids is 2. The van der Waals surface area contributed by atoms with Crippen molar-refractivity contribution < 1.29 is 9.59 Å². The Kier molecular flexibility index (Phi) is 3.24. The number of likely N-dealkylation sites (N-methyl/N-ethyl adjacent to an activating group) is 1.